The van der Waals surface area contributed by atoms with Gasteiger partial charge in [0, 0.05) is 19.3 Å². The zero-order valence-corrected chi connectivity index (χ0v) is 10.8. The van der Waals surface area contributed by atoms with Crippen molar-refractivity contribution in [1.82, 2.24) is 15.2 Å². The molecule has 2 rings (SSSR count). The number of carboxylic acid groups (broad SMARTS) is 1. The first-order chi connectivity index (χ1) is 9.01. The van der Waals surface area contributed by atoms with Crippen molar-refractivity contribution in [1.29, 1.82) is 0 Å². The monoisotopic (exact) mass is 263 g/mol. The summed E-state index contributed by atoms with van der Waals surface area (Å²) in [5.74, 6) is -0.854. The van der Waals surface area contributed by atoms with E-state index < -0.39 is 11.4 Å². The predicted molar refractivity (Wildman–Crippen MR) is 68.4 cm³/mol. The molecule has 2 heterocycles. The van der Waals surface area contributed by atoms with E-state index in [1.165, 1.54) is 4.90 Å². The molecular formula is C13H17N3O3. The van der Waals surface area contributed by atoms with Crippen LogP contribution in [-0.2, 0) is 11.3 Å². The first-order valence-electron chi connectivity index (χ1n) is 6.17. The van der Waals surface area contributed by atoms with E-state index in [2.05, 4.69) is 10.3 Å². The fraction of sp³-hybridized carbons (Fsp3) is 0.462. The maximum Gasteiger partial charge on any atom is 0.317 e. The van der Waals surface area contributed by atoms with Crippen molar-refractivity contribution in [2.75, 3.05) is 13.1 Å². The molecule has 1 fully saturated rings. The Morgan fingerprint density at radius 2 is 2.32 bits per heavy atom. The van der Waals surface area contributed by atoms with Gasteiger partial charge in [0.25, 0.3) is 0 Å². The topological polar surface area (TPSA) is 82.5 Å². The third kappa shape index (κ3) is 3.01. The molecule has 19 heavy (non-hydrogen) atoms. The molecule has 0 radical (unpaired) electrons. The molecule has 1 atom stereocenters. The molecule has 6 heteroatoms. The molecular weight excluding hydrogens is 246 g/mol. The standard InChI is InChI=1S/C13H17N3O3/c1-13(11(17)18)5-7-16(9-13)12(19)15-8-10-4-2-3-6-14-10/h2-4,6H,5,7-9H2,1H3,(H,15,19)(H,17,18). The first kappa shape index (κ1) is 13.3. The second-order valence-corrected chi connectivity index (χ2v) is 5.02. The van der Waals surface area contributed by atoms with Crippen LogP contribution in [0.15, 0.2) is 24.4 Å². The fourth-order valence-corrected chi connectivity index (χ4v) is 2.09. The van der Waals surface area contributed by atoms with Crippen molar-refractivity contribution >= 4 is 12.0 Å². The number of likely N-dealkylation sites (tertiary alicyclic amines) is 1. The van der Waals surface area contributed by atoms with Gasteiger partial charge in [-0.25, -0.2) is 4.79 Å². The Balaban J connectivity index is 1.87. The van der Waals surface area contributed by atoms with Crippen LogP contribution in [0, 0.1) is 5.41 Å². The van der Waals surface area contributed by atoms with Crippen LogP contribution in [0.1, 0.15) is 19.0 Å². The second kappa shape index (κ2) is 5.26. The van der Waals surface area contributed by atoms with E-state index in [1.54, 1.807) is 13.1 Å². The lowest BCUT2D eigenvalue weighted by molar-refractivity contribution is -0.146. The molecule has 1 aromatic rings. The summed E-state index contributed by atoms with van der Waals surface area (Å²) in [6, 6.07) is 5.25. The molecule has 102 valence electrons. The third-order valence-electron chi connectivity index (χ3n) is 3.42. The first-order valence-corrected chi connectivity index (χ1v) is 6.17. The fourth-order valence-electron chi connectivity index (χ4n) is 2.09. The van der Waals surface area contributed by atoms with Gasteiger partial charge in [-0.2, -0.15) is 0 Å². The van der Waals surface area contributed by atoms with Gasteiger partial charge in [0.15, 0.2) is 0 Å². The van der Waals surface area contributed by atoms with Crippen LogP contribution in [-0.4, -0.2) is 40.1 Å². The summed E-state index contributed by atoms with van der Waals surface area (Å²) >= 11 is 0. The maximum absolute atomic E-state index is 11.9. The predicted octanol–water partition coefficient (Wildman–Crippen LogP) is 1.09. The smallest absolute Gasteiger partial charge is 0.317 e. The number of rotatable bonds is 3. The zero-order chi connectivity index (χ0) is 13.9. The molecule has 0 aromatic carbocycles. The Morgan fingerprint density at radius 3 is 2.89 bits per heavy atom. The summed E-state index contributed by atoms with van der Waals surface area (Å²) in [7, 11) is 0. The van der Waals surface area contributed by atoms with Crippen molar-refractivity contribution in [3.8, 4) is 0 Å². The van der Waals surface area contributed by atoms with Gasteiger partial charge in [-0.1, -0.05) is 6.07 Å². The van der Waals surface area contributed by atoms with E-state index in [9.17, 15) is 9.59 Å². The van der Waals surface area contributed by atoms with Crippen molar-refractivity contribution in [3.63, 3.8) is 0 Å². The number of pyridine rings is 1. The van der Waals surface area contributed by atoms with E-state index in [0.717, 1.165) is 5.69 Å². The van der Waals surface area contributed by atoms with Gasteiger partial charge in [0.1, 0.15) is 0 Å². The normalized spacial score (nSPS) is 22.3. The minimum Gasteiger partial charge on any atom is -0.481 e. The molecule has 0 bridgehead atoms. The van der Waals surface area contributed by atoms with E-state index >= 15 is 0 Å². The van der Waals surface area contributed by atoms with Crippen LogP contribution in [0.4, 0.5) is 4.79 Å². The number of hydrogen-bond acceptors (Lipinski definition) is 3. The van der Waals surface area contributed by atoms with Crippen molar-refractivity contribution in [3.05, 3.63) is 30.1 Å². The number of amides is 2. The number of urea groups is 1. The van der Waals surface area contributed by atoms with E-state index in [0.29, 0.717) is 19.5 Å². The molecule has 1 aliphatic heterocycles. The van der Waals surface area contributed by atoms with Gasteiger partial charge in [-0.05, 0) is 25.5 Å². The lowest BCUT2D eigenvalue weighted by Gasteiger charge is -2.20. The summed E-state index contributed by atoms with van der Waals surface area (Å²) in [5.41, 5.74) is -0.0569. The highest BCUT2D eigenvalue weighted by atomic mass is 16.4. The summed E-state index contributed by atoms with van der Waals surface area (Å²) in [5, 5.41) is 11.9. The molecule has 2 amide bonds. The van der Waals surface area contributed by atoms with Crippen LogP contribution in [0.5, 0.6) is 0 Å². The van der Waals surface area contributed by atoms with Crippen molar-refractivity contribution < 1.29 is 14.7 Å². The number of carbonyl (C=O) groups is 2. The Labute approximate surface area is 111 Å². The highest BCUT2D eigenvalue weighted by Gasteiger charge is 2.42. The van der Waals surface area contributed by atoms with E-state index in [-0.39, 0.29) is 12.6 Å². The number of nitrogens with one attached hydrogen (secondary N) is 1. The second-order valence-electron chi connectivity index (χ2n) is 5.02. The number of nitrogens with zero attached hydrogens (tertiary/aromatic N) is 2. The van der Waals surface area contributed by atoms with Gasteiger partial charge in [0.05, 0.1) is 17.7 Å². The molecule has 0 aliphatic carbocycles. The Hall–Kier alpha value is -2.11. The van der Waals surface area contributed by atoms with E-state index in [1.807, 2.05) is 18.2 Å². The zero-order valence-electron chi connectivity index (χ0n) is 10.8. The quantitative estimate of drug-likeness (QED) is 0.855. The lowest BCUT2D eigenvalue weighted by Crippen LogP contribution is -2.40. The minimum atomic E-state index is -0.854. The lowest BCUT2D eigenvalue weighted by atomic mass is 9.90. The molecule has 1 saturated heterocycles. The van der Waals surface area contributed by atoms with Crippen LogP contribution >= 0.6 is 0 Å². The Bertz CT molecular complexity index is 477. The molecule has 1 unspecified atom stereocenters. The number of aromatic nitrogens is 1. The van der Waals surface area contributed by atoms with Gasteiger partial charge in [-0.3, -0.25) is 9.78 Å². The van der Waals surface area contributed by atoms with E-state index in [4.69, 9.17) is 5.11 Å². The Morgan fingerprint density at radius 1 is 1.53 bits per heavy atom. The van der Waals surface area contributed by atoms with Gasteiger partial charge < -0.3 is 15.3 Å². The van der Waals surface area contributed by atoms with Crippen LogP contribution < -0.4 is 5.32 Å². The van der Waals surface area contributed by atoms with Crippen LogP contribution in [0.25, 0.3) is 0 Å². The average molecular weight is 263 g/mol. The van der Waals surface area contributed by atoms with Gasteiger partial charge >= 0.3 is 12.0 Å². The van der Waals surface area contributed by atoms with Gasteiger partial charge in [0.2, 0.25) is 0 Å². The third-order valence-corrected chi connectivity index (χ3v) is 3.42. The highest BCUT2D eigenvalue weighted by Crippen LogP contribution is 2.29. The van der Waals surface area contributed by atoms with Crippen LogP contribution in [0.3, 0.4) is 0 Å². The SMILES string of the molecule is CC1(C(=O)O)CCN(C(=O)NCc2ccccn2)C1. The summed E-state index contributed by atoms with van der Waals surface area (Å²) in [4.78, 5) is 28.7. The minimum absolute atomic E-state index is 0.240. The highest BCUT2D eigenvalue weighted by molar-refractivity contribution is 5.79. The summed E-state index contributed by atoms with van der Waals surface area (Å²) in [6.45, 7) is 2.73. The largest absolute Gasteiger partial charge is 0.481 e. The molecule has 0 saturated carbocycles. The molecule has 2 N–H and O–H groups in total. The molecule has 1 aliphatic rings. The van der Waals surface area contributed by atoms with Crippen molar-refractivity contribution in [2.24, 2.45) is 5.41 Å². The van der Waals surface area contributed by atoms with Gasteiger partial charge in [-0.15, -0.1) is 0 Å². The number of hydrogen-bond donors (Lipinski definition) is 2. The number of carboxylic acids is 1. The molecule has 6 nitrogen and oxygen atoms in total. The molecule has 1 aromatic heterocycles. The van der Waals surface area contributed by atoms with Crippen LogP contribution in [0.2, 0.25) is 0 Å². The van der Waals surface area contributed by atoms with Crippen molar-refractivity contribution in [2.45, 2.75) is 19.9 Å². The number of aliphatic carboxylic acids is 1. The number of carbonyl (C=O) groups excluding carboxylic acids is 1. The summed E-state index contributed by atoms with van der Waals surface area (Å²) in [6.07, 6.45) is 2.15. The summed E-state index contributed by atoms with van der Waals surface area (Å²) < 4.78 is 0. The maximum atomic E-state index is 11.9. The average Bonchev–Trinajstić information content (AvgIpc) is 2.81. The molecule has 0 spiro atoms. The Kier molecular flexibility index (Phi) is 3.69.